The monoisotopic (exact) mass is 383 g/mol. The van der Waals surface area contributed by atoms with Crippen LogP contribution in [0.4, 0.5) is 8.78 Å². The lowest BCUT2D eigenvalue weighted by molar-refractivity contribution is 0.426. The molecule has 2 aromatic carbocycles. The van der Waals surface area contributed by atoms with Gasteiger partial charge < -0.3 is 0 Å². The van der Waals surface area contributed by atoms with Crippen molar-refractivity contribution in [3.8, 4) is 0 Å². The molecule has 2 aromatic rings. The first-order valence-corrected chi connectivity index (χ1v) is 10.5. The summed E-state index contributed by atoms with van der Waals surface area (Å²) in [6.07, 6.45) is 0.441. The molecule has 0 saturated carbocycles. The Morgan fingerprint density at radius 1 is 1.08 bits per heavy atom. The second-order valence-corrected chi connectivity index (χ2v) is 9.28. The third-order valence-electron chi connectivity index (χ3n) is 4.26. The van der Waals surface area contributed by atoms with Gasteiger partial charge in [0.1, 0.15) is 11.6 Å². The molecule has 3 rings (SSSR count). The van der Waals surface area contributed by atoms with Crippen LogP contribution in [0.2, 0.25) is 0 Å². The van der Waals surface area contributed by atoms with Crippen molar-refractivity contribution in [2.45, 2.75) is 23.5 Å². The Hall–Kier alpha value is -1.44. The summed E-state index contributed by atoms with van der Waals surface area (Å²) in [5, 5.41) is -0.256. The van der Waals surface area contributed by atoms with Gasteiger partial charge in [0.2, 0.25) is 10.0 Å². The van der Waals surface area contributed by atoms with E-state index in [0.29, 0.717) is 24.3 Å². The Balaban J connectivity index is 1.79. The van der Waals surface area contributed by atoms with Gasteiger partial charge >= 0.3 is 0 Å². The van der Waals surface area contributed by atoms with Crippen molar-refractivity contribution in [3.63, 3.8) is 0 Å². The number of benzene rings is 2. The highest BCUT2D eigenvalue weighted by molar-refractivity contribution is 7.99. The minimum atomic E-state index is -3.57. The zero-order valence-corrected chi connectivity index (χ0v) is 15.4. The molecule has 0 radical (unpaired) electrons. The molecule has 0 aliphatic carbocycles. The number of aryl methyl sites for hydroxylation is 1. The third kappa shape index (κ3) is 4.04. The number of hydrogen-bond acceptors (Lipinski definition) is 3. The third-order valence-corrected chi connectivity index (χ3v) is 7.49. The maximum atomic E-state index is 14.0. The van der Waals surface area contributed by atoms with Gasteiger partial charge in [-0.3, -0.25) is 0 Å². The van der Waals surface area contributed by atoms with Crippen LogP contribution in [0.25, 0.3) is 0 Å². The molecule has 7 heteroatoms. The highest BCUT2D eigenvalue weighted by atomic mass is 32.2. The molecule has 0 N–H and O–H groups in total. The number of sulfonamides is 1. The minimum absolute atomic E-state index is 0.256. The van der Waals surface area contributed by atoms with E-state index in [-0.39, 0.29) is 16.7 Å². The zero-order chi connectivity index (χ0) is 18.0. The average Bonchev–Trinajstić information content (AvgIpc) is 2.84. The topological polar surface area (TPSA) is 37.4 Å². The molecule has 1 aliphatic heterocycles. The highest BCUT2D eigenvalue weighted by Gasteiger charge is 2.29. The molecule has 0 bridgehead atoms. The standard InChI is InChI=1S/C18H19F2NO2S2/c1-13-2-5-15(6-3-13)25(22,23)21-9-8-18(24-11-10-21)16-12-14(19)4-7-17(16)20/h2-7,12,18H,8-11H2,1H3. The second-order valence-electron chi connectivity index (χ2n) is 6.03. The fraction of sp³-hybridized carbons (Fsp3) is 0.333. The van der Waals surface area contributed by atoms with Crippen molar-refractivity contribution in [2.75, 3.05) is 18.8 Å². The number of thioether (sulfide) groups is 1. The van der Waals surface area contributed by atoms with Crippen molar-refractivity contribution < 1.29 is 17.2 Å². The molecule has 1 aliphatic rings. The highest BCUT2D eigenvalue weighted by Crippen LogP contribution is 2.37. The SMILES string of the molecule is Cc1ccc(S(=O)(=O)N2CCSC(c3cc(F)ccc3F)CC2)cc1. The maximum absolute atomic E-state index is 14.0. The van der Waals surface area contributed by atoms with E-state index < -0.39 is 21.7 Å². The van der Waals surface area contributed by atoms with Gasteiger partial charge in [0.05, 0.1) is 4.90 Å². The summed E-state index contributed by atoms with van der Waals surface area (Å²) in [4.78, 5) is 0.262. The first-order valence-electron chi connectivity index (χ1n) is 8.01. The minimum Gasteiger partial charge on any atom is -0.207 e. The fourth-order valence-electron chi connectivity index (χ4n) is 2.86. The van der Waals surface area contributed by atoms with Crippen LogP contribution in [-0.4, -0.2) is 31.6 Å². The van der Waals surface area contributed by atoms with Crippen molar-refractivity contribution in [2.24, 2.45) is 0 Å². The van der Waals surface area contributed by atoms with Gasteiger partial charge in [0, 0.05) is 29.7 Å². The first kappa shape index (κ1) is 18.4. The number of halogens is 2. The molecule has 0 amide bonds. The molecule has 0 spiro atoms. The molecule has 3 nitrogen and oxygen atoms in total. The smallest absolute Gasteiger partial charge is 0.207 e. The number of rotatable bonds is 3. The molecule has 1 heterocycles. The van der Waals surface area contributed by atoms with Crippen molar-refractivity contribution in [1.82, 2.24) is 4.31 Å². The van der Waals surface area contributed by atoms with Crippen LogP contribution in [0, 0.1) is 18.6 Å². The van der Waals surface area contributed by atoms with Gasteiger partial charge in [-0.05, 0) is 43.7 Å². The molecule has 1 saturated heterocycles. The predicted molar refractivity (Wildman–Crippen MR) is 96.1 cm³/mol. The fourth-order valence-corrected chi connectivity index (χ4v) is 5.67. The van der Waals surface area contributed by atoms with Gasteiger partial charge in [-0.25, -0.2) is 17.2 Å². The van der Waals surface area contributed by atoms with Crippen LogP contribution in [0.3, 0.4) is 0 Å². The van der Waals surface area contributed by atoms with Crippen LogP contribution in [-0.2, 0) is 10.0 Å². The Morgan fingerprint density at radius 3 is 2.52 bits per heavy atom. The van der Waals surface area contributed by atoms with Gasteiger partial charge in [0.25, 0.3) is 0 Å². The van der Waals surface area contributed by atoms with Crippen LogP contribution in [0.15, 0.2) is 47.4 Å². The normalized spacial score (nSPS) is 19.6. The molecule has 25 heavy (non-hydrogen) atoms. The first-order chi connectivity index (χ1) is 11.9. The molecular formula is C18H19F2NO2S2. The quantitative estimate of drug-likeness (QED) is 0.799. The van der Waals surface area contributed by atoms with E-state index in [4.69, 9.17) is 0 Å². The summed E-state index contributed by atoms with van der Waals surface area (Å²) >= 11 is 1.46. The summed E-state index contributed by atoms with van der Waals surface area (Å²) in [7, 11) is -3.57. The van der Waals surface area contributed by atoms with E-state index in [1.807, 2.05) is 6.92 Å². The summed E-state index contributed by atoms with van der Waals surface area (Å²) in [5.74, 6) is -0.398. The number of nitrogens with zero attached hydrogens (tertiary/aromatic N) is 1. The van der Waals surface area contributed by atoms with Crippen LogP contribution >= 0.6 is 11.8 Å². The zero-order valence-electron chi connectivity index (χ0n) is 13.8. The van der Waals surface area contributed by atoms with E-state index in [1.165, 1.54) is 22.1 Å². The Labute approximate surface area is 151 Å². The van der Waals surface area contributed by atoms with E-state index >= 15 is 0 Å². The van der Waals surface area contributed by atoms with Crippen LogP contribution in [0.5, 0.6) is 0 Å². The molecule has 1 unspecified atom stereocenters. The van der Waals surface area contributed by atoms with Crippen LogP contribution in [0.1, 0.15) is 22.8 Å². The molecular weight excluding hydrogens is 364 g/mol. The van der Waals surface area contributed by atoms with E-state index in [0.717, 1.165) is 17.7 Å². The maximum Gasteiger partial charge on any atom is 0.243 e. The van der Waals surface area contributed by atoms with Crippen molar-refractivity contribution >= 4 is 21.8 Å². The summed E-state index contributed by atoms with van der Waals surface area (Å²) in [6.45, 7) is 2.54. The summed E-state index contributed by atoms with van der Waals surface area (Å²) in [6, 6.07) is 10.2. The van der Waals surface area contributed by atoms with E-state index in [9.17, 15) is 17.2 Å². The lowest BCUT2D eigenvalue weighted by atomic mass is 10.1. The van der Waals surface area contributed by atoms with Gasteiger partial charge in [-0.2, -0.15) is 16.1 Å². The van der Waals surface area contributed by atoms with Crippen LogP contribution < -0.4 is 0 Å². The van der Waals surface area contributed by atoms with Gasteiger partial charge in [-0.15, -0.1) is 0 Å². The van der Waals surface area contributed by atoms with Crippen molar-refractivity contribution in [3.05, 3.63) is 65.2 Å². The Bertz CT molecular complexity index is 854. The van der Waals surface area contributed by atoms with Crippen molar-refractivity contribution in [1.29, 1.82) is 0 Å². The van der Waals surface area contributed by atoms with E-state index in [1.54, 1.807) is 24.3 Å². The summed E-state index contributed by atoms with van der Waals surface area (Å²) in [5.41, 5.74) is 1.30. The lowest BCUT2D eigenvalue weighted by Gasteiger charge is -2.20. The van der Waals surface area contributed by atoms with Gasteiger partial charge in [-0.1, -0.05) is 17.7 Å². The predicted octanol–water partition coefficient (Wildman–Crippen LogP) is 4.14. The Morgan fingerprint density at radius 2 is 1.80 bits per heavy atom. The van der Waals surface area contributed by atoms with Gasteiger partial charge in [0.15, 0.2) is 0 Å². The lowest BCUT2D eigenvalue weighted by Crippen LogP contribution is -2.33. The molecule has 1 atom stereocenters. The Kier molecular flexibility index (Phi) is 5.46. The largest absolute Gasteiger partial charge is 0.243 e. The molecule has 1 fully saturated rings. The summed E-state index contributed by atoms with van der Waals surface area (Å²) < 4.78 is 54.5. The number of hydrogen-bond donors (Lipinski definition) is 0. The second kappa shape index (κ2) is 7.43. The average molecular weight is 383 g/mol. The molecule has 134 valence electrons. The molecule has 0 aromatic heterocycles. The van der Waals surface area contributed by atoms with E-state index in [2.05, 4.69) is 0 Å².